The van der Waals surface area contributed by atoms with Crippen molar-refractivity contribution >= 4 is 0 Å². The standard InChI is InChI=1S/C16H19F3N4O/c1-11(13-3-5-14(6-4-13)24-16(17,18)19)20-8-12-2-7-15-22-21-10-23(15)9-12/h3-6,10-12,20H,2,7-9H2,1H3. The summed E-state index contributed by atoms with van der Waals surface area (Å²) in [6.07, 6.45) is -0.932. The molecule has 0 radical (unpaired) electrons. The van der Waals surface area contributed by atoms with Crippen LogP contribution < -0.4 is 10.1 Å². The summed E-state index contributed by atoms with van der Waals surface area (Å²) < 4.78 is 42.4. The molecule has 1 aliphatic rings. The van der Waals surface area contributed by atoms with E-state index >= 15 is 0 Å². The van der Waals surface area contributed by atoms with Gasteiger partial charge in [0.25, 0.3) is 0 Å². The third-order valence-corrected chi connectivity index (χ3v) is 4.25. The van der Waals surface area contributed by atoms with Gasteiger partial charge >= 0.3 is 6.36 Å². The third kappa shape index (κ3) is 4.25. The van der Waals surface area contributed by atoms with Crippen molar-refractivity contribution in [2.75, 3.05) is 6.54 Å². The third-order valence-electron chi connectivity index (χ3n) is 4.25. The summed E-state index contributed by atoms with van der Waals surface area (Å²) in [5, 5.41) is 11.4. The largest absolute Gasteiger partial charge is 0.573 e. The first-order valence-corrected chi connectivity index (χ1v) is 7.86. The Hall–Kier alpha value is -2.09. The van der Waals surface area contributed by atoms with E-state index in [1.54, 1.807) is 18.5 Å². The molecule has 0 saturated heterocycles. The van der Waals surface area contributed by atoms with Crippen molar-refractivity contribution < 1.29 is 17.9 Å². The molecule has 3 rings (SSSR count). The highest BCUT2D eigenvalue weighted by molar-refractivity contribution is 5.29. The average Bonchev–Trinajstić information content (AvgIpc) is 2.99. The van der Waals surface area contributed by atoms with Crippen LogP contribution in [0.5, 0.6) is 5.75 Å². The molecule has 5 nitrogen and oxygen atoms in total. The van der Waals surface area contributed by atoms with Crippen molar-refractivity contribution in [3.8, 4) is 5.75 Å². The smallest absolute Gasteiger partial charge is 0.406 e. The van der Waals surface area contributed by atoms with Gasteiger partial charge in [-0.25, -0.2) is 0 Å². The van der Waals surface area contributed by atoms with E-state index in [2.05, 4.69) is 24.8 Å². The lowest BCUT2D eigenvalue weighted by atomic mass is 9.98. The topological polar surface area (TPSA) is 52.0 Å². The molecule has 0 amide bonds. The number of fused-ring (bicyclic) bond motifs is 1. The fourth-order valence-electron chi connectivity index (χ4n) is 2.91. The number of alkyl halides is 3. The SMILES string of the molecule is CC(NCC1CCc2nncn2C1)c1ccc(OC(F)(F)F)cc1. The minimum Gasteiger partial charge on any atom is -0.406 e. The van der Waals surface area contributed by atoms with E-state index < -0.39 is 6.36 Å². The molecule has 2 aromatic rings. The van der Waals surface area contributed by atoms with Crippen LogP contribution in [-0.4, -0.2) is 27.7 Å². The quantitative estimate of drug-likeness (QED) is 0.909. The molecular formula is C16H19F3N4O. The summed E-state index contributed by atoms with van der Waals surface area (Å²) in [5.41, 5.74) is 0.922. The number of rotatable bonds is 5. The lowest BCUT2D eigenvalue weighted by Gasteiger charge is -2.25. The molecule has 2 unspecified atom stereocenters. The van der Waals surface area contributed by atoms with Gasteiger partial charge in [0, 0.05) is 25.6 Å². The van der Waals surface area contributed by atoms with E-state index in [0.29, 0.717) is 5.92 Å². The molecule has 1 aromatic carbocycles. The zero-order chi connectivity index (χ0) is 17.2. The second-order valence-electron chi connectivity index (χ2n) is 6.05. The van der Waals surface area contributed by atoms with Crippen LogP contribution in [0.4, 0.5) is 13.2 Å². The van der Waals surface area contributed by atoms with Gasteiger partial charge in [-0.05, 0) is 37.0 Å². The molecule has 0 aliphatic carbocycles. The van der Waals surface area contributed by atoms with Gasteiger partial charge in [0.1, 0.15) is 17.9 Å². The van der Waals surface area contributed by atoms with Gasteiger partial charge < -0.3 is 14.6 Å². The minimum absolute atomic E-state index is 0.0484. The fourth-order valence-corrected chi connectivity index (χ4v) is 2.91. The number of aromatic nitrogens is 3. The summed E-state index contributed by atoms with van der Waals surface area (Å²) in [4.78, 5) is 0. The minimum atomic E-state index is -4.66. The molecule has 0 fully saturated rings. The van der Waals surface area contributed by atoms with Gasteiger partial charge in [-0.1, -0.05) is 12.1 Å². The fraction of sp³-hybridized carbons (Fsp3) is 0.500. The number of aryl methyl sites for hydroxylation is 1. The van der Waals surface area contributed by atoms with Crippen LogP contribution in [0.1, 0.15) is 30.8 Å². The summed E-state index contributed by atoms with van der Waals surface area (Å²) in [6.45, 7) is 3.71. The van der Waals surface area contributed by atoms with E-state index in [-0.39, 0.29) is 11.8 Å². The maximum absolute atomic E-state index is 12.2. The predicted octanol–water partition coefficient (Wildman–Crippen LogP) is 3.09. The van der Waals surface area contributed by atoms with Crippen LogP contribution in [0.3, 0.4) is 0 Å². The Morgan fingerprint density at radius 1 is 1.33 bits per heavy atom. The number of halogens is 3. The number of ether oxygens (including phenoxy) is 1. The molecule has 130 valence electrons. The molecule has 2 heterocycles. The molecule has 8 heteroatoms. The van der Waals surface area contributed by atoms with Crippen molar-refractivity contribution in [2.45, 2.75) is 38.7 Å². The number of benzene rings is 1. The van der Waals surface area contributed by atoms with Crippen LogP contribution in [0, 0.1) is 5.92 Å². The Balaban J connectivity index is 1.51. The Morgan fingerprint density at radius 2 is 2.08 bits per heavy atom. The molecule has 1 aromatic heterocycles. The van der Waals surface area contributed by atoms with Crippen molar-refractivity contribution in [1.29, 1.82) is 0 Å². The highest BCUT2D eigenvalue weighted by Gasteiger charge is 2.31. The van der Waals surface area contributed by atoms with E-state index in [0.717, 1.165) is 37.3 Å². The van der Waals surface area contributed by atoms with E-state index in [9.17, 15) is 13.2 Å². The summed E-state index contributed by atoms with van der Waals surface area (Å²) in [7, 11) is 0. The molecular weight excluding hydrogens is 321 g/mol. The zero-order valence-electron chi connectivity index (χ0n) is 13.3. The van der Waals surface area contributed by atoms with Gasteiger partial charge in [-0.15, -0.1) is 23.4 Å². The first kappa shape index (κ1) is 16.8. The van der Waals surface area contributed by atoms with Crippen molar-refractivity contribution in [3.05, 3.63) is 42.0 Å². The lowest BCUT2D eigenvalue weighted by Crippen LogP contribution is -2.31. The summed E-state index contributed by atoms with van der Waals surface area (Å²) in [6, 6.07) is 6.03. The van der Waals surface area contributed by atoms with Crippen LogP contribution in [0.2, 0.25) is 0 Å². The van der Waals surface area contributed by atoms with Gasteiger partial charge in [-0.2, -0.15) is 0 Å². The van der Waals surface area contributed by atoms with Gasteiger partial charge in [-0.3, -0.25) is 0 Å². The second kappa shape index (κ2) is 6.80. The Bertz CT molecular complexity index is 669. The summed E-state index contributed by atoms with van der Waals surface area (Å²) in [5.74, 6) is 1.31. The van der Waals surface area contributed by atoms with Crippen LogP contribution in [0.15, 0.2) is 30.6 Å². The summed E-state index contributed by atoms with van der Waals surface area (Å²) >= 11 is 0. The van der Waals surface area contributed by atoms with Gasteiger partial charge in [0.05, 0.1) is 0 Å². The second-order valence-corrected chi connectivity index (χ2v) is 6.05. The monoisotopic (exact) mass is 340 g/mol. The normalized spacial score (nSPS) is 18.9. The number of hydrogen-bond acceptors (Lipinski definition) is 4. The maximum Gasteiger partial charge on any atom is 0.573 e. The number of nitrogens with one attached hydrogen (secondary N) is 1. The van der Waals surface area contributed by atoms with Crippen LogP contribution >= 0.6 is 0 Å². The molecule has 0 bridgehead atoms. The van der Waals surface area contributed by atoms with Gasteiger partial charge in [0.15, 0.2) is 0 Å². The van der Waals surface area contributed by atoms with Crippen molar-refractivity contribution in [2.24, 2.45) is 5.92 Å². The molecule has 1 N–H and O–H groups in total. The predicted molar refractivity (Wildman–Crippen MR) is 81.4 cm³/mol. The Morgan fingerprint density at radius 3 is 2.79 bits per heavy atom. The van der Waals surface area contributed by atoms with Gasteiger partial charge in [0.2, 0.25) is 0 Å². The first-order chi connectivity index (χ1) is 11.4. The van der Waals surface area contributed by atoms with E-state index in [1.807, 2.05) is 6.92 Å². The Labute approximate surface area is 137 Å². The number of hydrogen-bond donors (Lipinski definition) is 1. The maximum atomic E-state index is 12.2. The highest BCUT2D eigenvalue weighted by atomic mass is 19.4. The zero-order valence-corrected chi connectivity index (χ0v) is 13.3. The molecule has 2 atom stereocenters. The van der Waals surface area contributed by atoms with Crippen LogP contribution in [-0.2, 0) is 13.0 Å². The number of nitrogens with zero attached hydrogens (tertiary/aromatic N) is 3. The van der Waals surface area contributed by atoms with Crippen molar-refractivity contribution in [3.63, 3.8) is 0 Å². The molecule has 24 heavy (non-hydrogen) atoms. The Kier molecular flexibility index (Phi) is 4.75. The van der Waals surface area contributed by atoms with E-state index in [4.69, 9.17) is 0 Å². The average molecular weight is 340 g/mol. The molecule has 1 aliphatic heterocycles. The van der Waals surface area contributed by atoms with Crippen LogP contribution in [0.25, 0.3) is 0 Å². The lowest BCUT2D eigenvalue weighted by molar-refractivity contribution is -0.274. The van der Waals surface area contributed by atoms with E-state index in [1.165, 1.54) is 12.1 Å². The highest BCUT2D eigenvalue weighted by Crippen LogP contribution is 2.25. The van der Waals surface area contributed by atoms with Crippen molar-refractivity contribution in [1.82, 2.24) is 20.1 Å². The first-order valence-electron chi connectivity index (χ1n) is 7.86. The molecule has 0 saturated carbocycles. The molecule has 0 spiro atoms.